The van der Waals surface area contributed by atoms with E-state index >= 15 is 0 Å². The Labute approximate surface area is 174 Å². The topological polar surface area (TPSA) is 41.5 Å². The zero-order valence-corrected chi connectivity index (χ0v) is 17.5. The summed E-state index contributed by atoms with van der Waals surface area (Å²) < 4.78 is 27.5. The molecule has 2 rings (SSSR count). The number of nitrogens with one attached hydrogen (secondary N) is 1. The van der Waals surface area contributed by atoms with Gasteiger partial charge in [-0.2, -0.15) is 0 Å². The quantitative estimate of drug-likeness (QED) is 0.409. The maximum absolute atomic E-state index is 13.8. The van der Waals surface area contributed by atoms with Crippen LogP contribution in [0.4, 0.5) is 8.78 Å². The van der Waals surface area contributed by atoms with Crippen LogP contribution in [-0.2, 0) is 0 Å². The van der Waals surface area contributed by atoms with Crippen LogP contribution < -0.4 is 5.32 Å². The molecule has 1 amide bonds. The molecule has 7 heteroatoms. The molecule has 0 saturated heterocycles. The van der Waals surface area contributed by atoms with Gasteiger partial charge < -0.3 is 5.32 Å². The van der Waals surface area contributed by atoms with Crippen LogP contribution in [0.15, 0.2) is 46.6 Å². The minimum Gasteiger partial charge on any atom is -0.351 e. The molecule has 28 heavy (non-hydrogen) atoms. The predicted molar refractivity (Wildman–Crippen MR) is 112 cm³/mol. The molecule has 0 bridgehead atoms. The fourth-order valence-corrected chi connectivity index (χ4v) is 3.69. The van der Waals surface area contributed by atoms with Crippen LogP contribution in [0.2, 0.25) is 10.0 Å². The van der Waals surface area contributed by atoms with Crippen LogP contribution in [0.3, 0.4) is 0 Å². The van der Waals surface area contributed by atoms with Gasteiger partial charge in [-0.3, -0.25) is 9.79 Å². The molecule has 1 saturated carbocycles. The number of carbonyl (C=O) groups excluding carboxylic acids is 1. The zero-order chi connectivity index (χ0) is 20.9. The van der Waals surface area contributed by atoms with Gasteiger partial charge in [-0.05, 0) is 51.6 Å². The minimum atomic E-state index is -2.67. The van der Waals surface area contributed by atoms with E-state index in [4.69, 9.17) is 23.2 Å². The van der Waals surface area contributed by atoms with Crippen LogP contribution in [0.1, 0.15) is 49.9 Å². The molecule has 1 aliphatic rings. The van der Waals surface area contributed by atoms with Crippen molar-refractivity contribution < 1.29 is 13.6 Å². The van der Waals surface area contributed by atoms with E-state index in [9.17, 15) is 13.6 Å². The van der Waals surface area contributed by atoms with Crippen molar-refractivity contribution in [3.8, 4) is 0 Å². The molecule has 1 aliphatic carbocycles. The molecule has 1 N–H and O–H groups in total. The number of hydrogen-bond acceptors (Lipinski definition) is 2. The lowest BCUT2D eigenvalue weighted by atomic mass is 9.68. The standard InChI is InChI=1S/C21H24Cl2F2N2O/c1-14(7-8-15(2)26-3)20(9-11-21(24,25)12-10-20)13-27-19(28)16-5-4-6-17(22)18(16)23/h4-8H,3,9-13H2,1-2H3,(H,27,28)/b14-7+,15-8-. The van der Waals surface area contributed by atoms with Crippen molar-refractivity contribution in [1.29, 1.82) is 0 Å². The summed E-state index contributed by atoms with van der Waals surface area (Å²) in [6.45, 7) is 7.41. The first kappa shape index (κ1) is 22.6. The molecular formula is C21H24Cl2F2N2O. The van der Waals surface area contributed by atoms with Gasteiger partial charge in [-0.15, -0.1) is 0 Å². The van der Waals surface area contributed by atoms with Crippen molar-refractivity contribution >= 4 is 35.8 Å². The number of aliphatic imine (C=N–C) groups is 1. The van der Waals surface area contributed by atoms with Crippen LogP contribution in [0.5, 0.6) is 0 Å². The molecule has 0 heterocycles. The van der Waals surface area contributed by atoms with Gasteiger partial charge in [0, 0.05) is 30.5 Å². The van der Waals surface area contributed by atoms with E-state index in [1.807, 2.05) is 13.0 Å². The lowest BCUT2D eigenvalue weighted by Crippen LogP contribution is -2.43. The average Bonchev–Trinajstić information content (AvgIpc) is 2.67. The number of halogens is 4. The number of carbonyl (C=O) groups is 1. The molecule has 1 aromatic carbocycles. The summed E-state index contributed by atoms with van der Waals surface area (Å²) >= 11 is 12.1. The SMILES string of the molecule is C=N/C(C)=C\C=C(/C)C1(CNC(=O)c2cccc(Cl)c2Cl)CCC(F)(F)CC1. The van der Waals surface area contributed by atoms with Crippen LogP contribution in [-0.4, -0.2) is 25.1 Å². The Hall–Kier alpha value is -1.72. The van der Waals surface area contributed by atoms with Gasteiger partial charge in [0.2, 0.25) is 5.92 Å². The smallest absolute Gasteiger partial charge is 0.252 e. The Balaban J connectivity index is 2.24. The van der Waals surface area contributed by atoms with Gasteiger partial charge in [0.25, 0.3) is 5.91 Å². The summed E-state index contributed by atoms with van der Waals surface area (Å²) in [6.07, 6.45) is 3.79. The number of rotatable bonds is 6. The van der Waals surface area contributed by atoms with Crippen molar-refractivity contribution in [2.45, 2.75) is 45.5 Å². The highest BCUT2D eigenvalue weighted by atomic mass is 35.5. The molecule has 0 aliphatic heterocycles. The highest BCUT2D eigenvalue weighted by Gasteiger charge is 2.44. The van der Waals surface area contributed by atoms with E-state index in [-0.39, 0.29) is 53.7 Å². The number of amides is 1. The maximum atomic E-state index is 13.8. The first-order chi connectivity index (χ1) is 13.1. The van der Waals surface area contributed by atoms with Gasteiger partial charge in [0.1, 0.15) is 0 Å². The van der Waals surface area contributed by atoms with Gasteiger partial charge in [-0.25, -0.2) is 8.78 Å². The number of hydrogen-bond donors (Lipinski definition) is 1. The molecular weight excluding hydrogens is 405 g/mol. The lowest BCUT2D eigenvalue weighted by Gasteiger charge is -2.41. The summed E-state index contributed by atoms with van der Waals surface area (Å²) in [5.74, 6) is -3.05. The largest absolute Gasteiger partial charge is 0.351 e. The number of nitrogens with zero attached hydrogens (tertiary/aromatic N) is 1. The Bertz CT molecular complexity index is 809. The first-order valence-corrected chi connectivity index (χ1v) is 9.78. The van der Waals surface area contributed by atoms with Crippen LogP contribution >= 0.6 is 23.2 Å². The Kier molecular flexibility index (Phi) is 7.40. The second-order valence-corrected chi connectivity index (χ2v) is 8.02. The Morgan fingerprint density at radius 3 is 2.46 bits per heavy atom. The van der Waals surface area contributed by atoms with E-state index in [1.54, 1.807) is 31.2 Å². The normalized spacial score (nSPS) is 19.2. The van der Waals surface area contributed by atoms with E-state index in [1.165, 1.54) is 0 Å². The van der Waals surface area contributed by atoms with Crippen molar-refractivity contribution in [2.75, 3.05) is 6.54 Å². The fourth-order valence-electron chi connectivity index (χ4n) is 3.30. The van der Waals surface area contributed by atoms with Crippen LogP contribution in [0.25, 0.3) is 0 Å². The second-order valence-electron chi connectivity index (χ2n) is 7.24. The number of benzene rings is 1. The summed E-state index contributed by atoms with van der Waals surface area (Å²) in [4.78, 5) is 16.4. The molecule has 1 fully saturated rings. The summed E-state index contributed by atoms with van der Waals surface area (Å²) in [6, 6.07) is 4.82. The van der Waals surface area contributed by atoms with E-state index < -0.39 is 11.3 Å². The third-order valence-corrected chi connectivity index (χ3v) is 6.20. The molecule has 3 nitrogen and oxygen atoms in total. The van der Waals surface area contributed by atoms with Crippen molar-refractivity contribution in [1.82, 2.24) is 5.32 Å². The highest BCUT2D eigenvalue weighted by Crippen LogP contribution is 2.47. The molecule has 152 valence electrons. The first-order valence-electron chi connectivity index (χ1n) is 9.03. The minimum absolute atomic E-state index is 0.175. The number of alkyl halides is 2. The molecule has 0 atom stereocenters. The molecule has 0 unspecified atom stereocenters. The van der Waals surface area contributed by atoms with Gasteiger partial charge in [0.05, 0.1) is 15.6 Å². The third-order valence-electron chi connectivity index (χ3n) is 5.38. The second kappa shape index (κ2) is 9.19. The highest BCUT2D eigenvalue weighted by molar-refractivity contribution is 6.43. The van der Waals surface area contributed by atoms with Crippen molar-refractivity contribution in [3.05, 3.63) is 57.2 Å². The predicted octanol–water partition coefficient (Wildman–Crippen LogP) is 6.47. The molecule has 1 aromatic rings. The van der Waals surface area contributed by atoms with E-state index in [0.29, 0.717) is 0 Å². The van der Waals surface area contributed by atoms with Crippen molar-refractivity contribution in [2.24, 2.45) is 10.4 Å². The summed E-state index contributed by atoms with van der Waals surface area (Å²) in [5.41, 5.74) is 1.35. The molecule has 0 spiro atoms. The average molecular weight is 429 g/mol. The summed E-state index contributed by atoms with van der Waals surface area (Å²) in [5, 5.41) is 3.32. The maximum Gasteiger partial charge on any atom is 0.252 e. The third kappa shape index (κ3) is 5.42. The van der Waals surface area contributed by atoms with Crippen LogP contribution in [0, 0.1) is 5.41 Å². The molecule has 0 radical (unpaired) electrons. The van der Waals surface area contributed by atoms with E-state index in [2.05, 4.69) is 17.0 Å². The molecule has 0 aromatic heterocycles. The number of allylic oxidation sites excluding steroid dienone is 3. The monoisotopic (exact) mass is 428 g/mol. The van der Waals surface area contributed by atoms with Gasteiger partial charge >= 0.3 is 0 Å². The van der Waals surface area contributed by atoms with Gasteiger partial charge in [0.15, 0.2) is 0 Å². The fraction of sp³-hybridized carbons (Fsp3) is 0.429. The van der Waals surface area contributed by atoms with E-state index in [0.717, 1.165) is 11.3 Å². The van der Waals surface area contributed by atoms with Gasteiger partial charge in [-0.1, -0.05) is 40.9 Å². The lowest BCUT2D eigenvalue weighted by molar-refractivity contribution is -0.0590. The Morgan fingerprint density at radius 2 is 1.86 bits per heavy atom. The van der Waals surface area contributed by atoms with Crippen molar-refractivity contribution in [3.63, 3.8) is 0 Å². The zero-order valence-electron chi connectivity index (χ0n) is 16.0. The Morgan fingerprint density at radius 1 is 1.21 bits per heavy atom. The summed E-state index contributed by atoms with van der Waals surface area (Å²) in [7, 11) is 0.